The average Bonchev–Trinajstić information content (AvgIpc) is 2.76. The van der Waals surface area contributed by atoms with E-state index in [9.17, 15) is 4.21 Å². The van der Waals surface area contributed by atoms with Crippen LogP contribution in [0.25, 0.3) is 0 Å². The van der Waals surface area contributed by atoms with Crippen molar-refractivity contribution in [3.63, 3.8) is 0 Å². The van der Waals surface area contributed by atoms with Crippen LogP contribution in [0.1, 0.15) is 18.1 Å². The van der Waals surface area contributed by atoms with Gasteiger partial charge in [0.15, 0.2) is 5.60 Å². The summed E-state index contributed by atoms with van der Waals surface area (Å²) in [5, 5.41) is 0. The highest BCUT2D eigenvalue weighted by molar-refractivity contribution is 7.75. The van der Waals surface area contributed by atoms with Crippen molar-refractivity contribution in [2.45, 2.75) is 18.6 Å². The van der Waals surface area contributed by atoms with E-state index in [1.165, 1.54) is 0 Å². The third-order valence-corrected chi connectivity index (χ3v) is 4.24. The summed E-state index contributed by atoms with van der Waals surface area (Å²) >= 11 is -1.72. The van der Waals surface area contributed by atoms with E-state index in [0.717, 1.165) is 11.1 Å². The molecule has 1 fully saturated rings. The second-order valence-corrected chi connectivity index (χ2v) is 5.26. The molecule has 19 heavy (non-hydrogen) atoms. The van der Waals surface area contributed by atoms with E-state index < -0.39 is 17.0 Å². The Bertz CT molecular complexity index is 543. The highest BCUT2D eigenvalue weighted by atomic mass is 32.2. The molecular weight excluding hydrogens is 260 g/mol. The van der Waals surface area contributed by atoms with Gasteiger partial charge in [-0.25, -0.2) is 4.18 Å². The lowest BCUT2D eigenvalue weighted by Crippen LogP contribution is -2.36. The SMILES string of the molecule is C[C@@H]1O[S@](=O)OC1(c1ccccc1)c1ccccc1. The third kappa shape index (κ3) is 2.02. The molecule has 0 aliphatic carbocycles. The summed E-state index contributed by atoms with van der Waals surface area (Å²) in [6.45, 7) is 1.88. The summed E-state index contributed by atoms with van der Waals surface area (Å²) in [6, 6.07) is 19.5. The topological polar surface area (TPSA) is 35.5 Å². The van der Waals surface area contributed by atoms with Crippen LogP contribution in [-0.4, -0.2) is 10.3 Å². The van der Waals surface area contributed by atoms with E-state index in [2.05, 4.69) is 0 Å². The van der Waals surface area contributed by atoms with Crippen molar-refractivity contribution in [1.82, 2.24) is 0 Å². The maximum Gasteiger partial charge on any atom is 0.306 e. The molecule has 2 aromatic carbocycles. The van der Waals surface area contributed by atoms with Crippen LogP contribution in [0.15, 0.2) is 60.7 Å². The lowest BCUT2D eigenvalue weighted by molar-refractivity contribution is 0.0859. The maximum absolute atomic E-state index is 11.7. The van der Waals surface area contributed by atoms with Gasteiger partial charge in [0.25, 0.3) is 0 Å². The van der Waals surface area contributed by atoms with Gasteiger partial charge in [0, 0.05) is 0 Å². The molecule has 3 rings (SSSR count). The Morgan fingerprint density at radius 2 is 1.42 bits per heavy atom. The molecular formula is C15H14O3S. The zero-order valence-electron chi connectivity index (χ0n) is 10.5. The Balaban J connectivity index is 2.20. The van der Waals surface area contributed by atoms with Gasteiger partial charge in [0.05, 0.1) is 0 Å². The molecule has 1 saturated heterocycles. The molecule has 0 N–H and O–H groups in total. The zero-order chi connectivity index (χ0) is 13.3. The van der Waals surface area contributed by atoms with E-state index in [-0.39, 0.29) is 6.10 Å². The van der Waals surface area contributed by atoms with Gasteiger partial charge in [0.2, 0.25) is 0 Å². The van der Waals surface area contributed by atoms with Crippen LogP contribution in [0.2, 0.25) is 0 Å². The highest BCUT2D eigenvalue weighted by Gasteiger charge is 2.50. The summed E-state index contributed by atoms with van der Waals surface area (Å²) in [5.74, 6) is 0. The molecule has 1 heterocycles. The third-order valence-electron chi connectivity index (χ3n) is 3.40. The first-order valence-electron chi connectivity index (χ1n) is 6.13. The monoisotopic (exact) mass is 274 g/mol. The smallest absolute Gasteiger partial charge is 0.262 e. The van der Waals surface area contributed by atoms with E-state index in [1.807, 2.05) is 67.6 Å². The summed E-state index contributed by atoms with van der Waals surface area (Å²) < 4.78 is 22.7. The number of benzene rings is 2. The van der Waals surface area contributed by atoms with Gasteiger partial charge >= 0.3 is 11.4 Å². The Labute approximate surface area is 115 Å². The molecule has 2 atom stereocenters. The fraction of sp³-hybridized carbons (Fsp3) is 0.200. The molecule has 0 amide bonds. The Hall–Kier alpha value is -1.49. The molecule has 4 heteroatoms. The molecule has 2 aromatic rings. The van der Waals surface area contributed by atoms with Gasteiger partial charge in [-0.2, -0.15) is 4.21 Å². The van der Waals surface area contributed by atoms with Crippen LogP contribution in [0, 0.1) is 0 Å². The van der Waals surface area contributed by atoms with E-state index >= 15 is 0 Å². The Morgan fingerprint density at radius 1 is 0.947 bits per heavy atom. The molecule has 0 spiro atoms. The van der Waals surface area contributed by atoms with Gasteiger partial charge in [-0.05, 0) is 18.1 Å². The first kappa shape index (κ1) is 12.5. The Morgan fingerprint density at radius 3 is 1.79 bits per heavy atom. The van der Waals surface area contributed by atoms with Gasteiger partial charge in [-0.3, -0.25) is 4.18 Å². The molecule has 98 valence electrons. The van der Waals surface area contributed by atoms with Crippen LogP contribution in [0.5, 0.6) is 0 Å². The van der Waals surface area contributed by atoms with Crippen LogP contribution >= 0.6 is 0 Å². The first-order valence-corrected chi connectivity index (χ1v) is 7.13. The summed E-state index contributed by atoms with van der Waals surface area (Å²) in [4.78, 5) is 0. The largest absolute Gasteiger partial charge is 0.306 e. The molecule has 0 aromatic heterocycles. The van der Waals surface area contributed by atoms with E-state index in [1.54, 1.807) is 0 Å². The minimum Gasteiger partial charge on any atom is -0.262 e. The minimum absolute atomic E-state index is 0.321. The summed E-state index contributed by atoms with van der Waals surface area (Å²) in [7, 11) is 0. The summed E-state index contributed by atoms with van der Waals surface area (Å²) in [5.41, 5.74) is 1.08. The second-order valence-electron chi connectivity index (χ2n) is 4.49. The predicted molar refractivity (Wildman–Crippen MR) is 73.4 cm³/mol. The maximum atomic E-state index is 11.7. The fourth-order valence-corrected chi connectivity index (χ4v) is 3.44. The van der Waals surface area contributed by atoms with Crippen LogP contribution < -0.4 is 0 Å². The lowest BCUT2D eigenvalue weighted by Gasteiger charge is -2.30. The molecule has 1 aliphatic heterocycles. The van der Waals surface area contributed by atoms with Crippen molar-refractivity contribution in [3.05, 3.63) is 71.8 Å². The second kappa shape index (κ2) is 4.89. The fourth-order valence-electron chi connectivity index (χ4n) is 2.48. The number of hydrogen-bond acceptors (Lipinski definition) is 3. The highest BCUT2D eigenvalue weighted by Crippen LogP contribution is 2.43. The summed E-state index contributed by atoms with van der Waals surface area (Å²) in [6.07, 6.45) is -0.321. The van der Waals surface area contributed by atoms with Crippen molar-refractivity contribution >= 4 is 11.4 Å². The van der Waals surface area contributed by atoms with Crippen molar-refractivity contribution < 1.29 is 12.6 Å². The number of rotatable bonds is 2. The van der Waals surface area contributed by atoms with Crippen LogP contribution in [0.4, 0.5) is 0 Å². The van der Waals surface area contributed by atoms with Crippen molar-refractivity contribution in [3.8, 4) is 0 Å². The first-order chi connectivity index (χ1) is 9.23. The molecule has 1 aliphatic rings. The van der Waals surface area contributed by atoms with Crippen LogP contribution in [0.3, 0.4) is 0 Å². The predicted octanol–water partition coefficient (Wildman–Crippen LogP) is 2.94. The van der Waals surface area contributed by atoms with Gasteiger partial charge < -0.3 is 0 Å². The molecule has 0 radical (unpaired) electrons. The van der Waals surface area contributed by atoms with Crippen molar-refractivity contribution in [2.24, 2.45) is 0 Å². The lowest BCUT2D eigenvalue weighted by atomic mass is 9.82. The molecule has 0 bridgehead atoms. The molecule has 3 nitrogen and oxygen atoms in total. The average molecular weight is 274 g/mol. The normalized spacial score (nSPS) is 25.3. The van der Waals surface area contributed by atoms with Gasteiger partial charge in [-0.15, -0.1) is 0 Å². The van der Waals surface area contributed by atoms with Gasteiger partial charge in [-0.1, -0.05) is 60.7 Å². The molecule has 0 saturated carbocycles. The Kier molecular flexibility index (Phi) is 3.22. The van der Waals surface area contributed by atoms with Crippen LogP contribution in [-0.2, 0) is 25.3 Å². The van der Waals surface area contributed by atoms with Crippen molar-refractivity contribution in [1.29, 1.82) is 0 Å². The molecule has 0 unspecified atom stereocenters. The van der Waals surface area contributed by atoms with Gasteiger partial charge in [0.1, 0.15) is 6.10 Å². The van der Waals surface area contributed by atoms with E-state index in [0.29, 0.717) is 0 Å². The van der Waals surface area contributed by atoms with Crippen molar-refractivity contribution in [2.75, 3.05) is 0 Å². The quantitative estimate of drug-likeness (QED) is 0.844. The zero-order valence-corrected chi connectivity index (χ0v) is 11.3. The minimum atomic E-state index is -1.72. The number of hydrogen-bond donors (Lipinski definition) is 0. The van der Waals surface area contributed by atoms with E-state index in [4.69, 9.17) is 8.37 Å². The standard InChI is InChI=1S/C15H14O3S/c1-12-15(18-19(16)17-12,13-8-4-2-5-9-13)14-10-6-3-7-11-14/h2-12H,1H3/t12-,19-/m0/s1.